The highest BCUT2D eigenvalue weighted by Crippen LogP contribution is 2.23. The fourth-order valence-electron chi connectivity index (χ4n) is 3.10. The van der Waals surface area contributed by atoms with Crippen molar-refractivity contribution in [3.05, 3.63) is 103 Å². The maximum Gasteiger partial charge on any atom is 0.248 e. The van der Waals surface area contributed by atoms with E-state index in [0.29, 0.717) is 0 Å². The van der Waals surface area contributed by atoms with Crippen molar-refractivity contribution >= 4 is 28.6 Å². The van der Waals surface area contributed by atoms with Gasteiger partial charge in [0, 0.05) is 53.4 Å². The second-order valence-electron chi connectivity index (χ2n) is 6.27. The zero-order valence-corrected chi connectivity index (χ0v) is 14.7. The molecule has 0 aliphatic rings. The molecule has 132 valence electrons. The van der Waals surface area contributed by atoms with E-state index in [2.05, 4.69) is 45.3 Å². The maximum absolute atomic E-state index is 12.2. The lowest BCUT2D eigenvalue weighted by molar-refractivity contribution is -0.111. The van der Waals surface area contributed by atoms with Crippen LogP contribution in [0.4, 0.5) is 5.69 Å². The van der Waals surface area contributed by atoms with Gasteiger partial charge in [0.15, 0.2) is 0 Å². The van der Waals surface area contributed by atoms with E-state index in [9.17, 15) is 4.79 Å². The Morgan fingerprint density at radius 3 is 2.52 bits per heavy atom. The highest BCUT2D eigenvalue weighted by Gasteiger charge is 2.07. The highest BCUT2D eigenvalue weighted by molar-refractivity contribution is 6.03. The number of carbonyl (C=O) groups excluding carboxylic acids is 1. The molecule has 0 aliphatic heterocycles. The Morgan fingerprint density at radius 1 is 0.963 bits per heavy atom. The summed E-state index contributed by atoms with van der Waals surface area (Å²) in [6, 6.07) is 22.1. The molecule has 0 unspecified atom stereocenters. The van der Waals surface area contributed by atoms with Gasteiger partial charge in [0.05, 0.1) is 0 Å². The first-order valence-corrected chi connectivity index (χ1v) is 8.80. The van der Waals surface area contributed by atoms with Crippen LogP contribution in [0.3, 0.4) is 0 Å². The van der Waals surface area contributed by atoms with Crippen LogP contribution in [0.5, 0.6) is 0 Å². The first-order valence-electron chi connectivity index (χ1n) is 8.80. The van der Waals surface area contributed by atoms with E-state index in [1.807, 2.05) is 36.4 Å². The monoisotopic (exact) mass is 353 g/mol. The van der Waals surface area contributed by atoms with Crippen molar-refractivity contribution < 1.29 is 4.79 Å². The molecule has 1 N–H and O–H groups in total. The summed E-state index contributed by atoms with van der Waals surface area (Å²) in [5, 5.41) is 3.96. The van der Waals surface area contributed by atoms with Crippen LogP contribution < -0.4 is 5.32 Å². The van der Waals surface area contributed by atoms with Crippen molar-refractivity contribution in [3.8, 4) is 0 Å². The lowest BCUT2D eigenvalue weighted by atomic mass is 10.1. The van der Waals surface area contributed by atoms with Crippen LogP contribution in [0.2, 0.25) is 0 Å². The Hall–Kier alpha value is -3.66. The van der Waals surface area contributed by atoms with Crippen molar-refractivity contribution in [1.29, 1.82) is 0 Å². The predicted octanol–water partition coefficient (Wildman–Crippen LogP) is 4.74. The van der Waals surface area contributed by atoms with Crippen molar-refractivity contribution in [2.45, 2.75) is 6.54 Å². The fourth-order valence-corrected chi connectivity index (χ4v) is 3.10. The minimum absolute atomic E-state index is 0.166. The van der Waals surface area contributed by atoms with E-state index >= 15 is 0 Å². The summed E-state index contributed by atoms with van der Waals surface area (Å²) in [6.07, 6.45) is 8.82. The first kappa shape index (κ1) is 16.8. The standard InChI is InChI=1S/C23H19N3O/c27-23(25-20-12-14-24-15-13-20)11-10-19-17-26(16-18-6-2-1-3-7-18)22-9-5-4-8-21(19)22/h1-15,17H,16H2,(H,24,25,27)/b11-10-. The number of fused-ring (bicyclic) bond motifs is 1. The normalized spacial score (nSPS) is 11.1. The molecule has 4 heteroatoms. The van der Waals surface area contributed by atoms with Crippen molar-refractivity contribution in [1.82, 2.24) is 9.55 Å². The van der Waals surface area contributed by atoms with Gasteiger partial charge in [-0.05, 0) is 29.8 Å². The number of carbonyl (C=O) groups is 1. The molecule has 4 aromatic rings. The van der Waals surface area contributed by atoms with Gasteiger partial charge < -0.3 is 9.88 Å². The molecule has 0 fully saturated rings. The third-order valence-electron chi connectivity index (χ3n) is 4.38. The molecule has 4 rings (SSSR count). The number of para-hydroxylation sites is 1. The number of rotatable bonds is 5. The van der Waals surface area contributed by atoms with E-state index in [4.69, 9.17) is 0 Å². The third-order valence-corrected chi connectivity index (χ3v) is 4.38. The van der Waals surface area contributed by atoms with Crippen molar-refractivity contribution in [2.75, 3.05) is 5.32 Å². The SMILES string of the molecule is O=C(/C=C\c1cn(Cc2ccccc2)c2ccccc12)Nc1ccncc1. The Bertz CT molecular complexity index is 1080. The Morgan fingerprint density at radius 2 is 1.70 bits per heavy atom. The molecular weight excluding hydrogens is 334 g/mol. The van der Waals surface area contributed by atoms with Crippen LogP contribution in [0, 0.1) is 0 Å². The summed E-state index contributed by atoms with van der Waals surface area (Å²) >= 11 is 0. The van der Waals surface area contributed by atoms with Crippen LogP contribution in [-0.2, 0) is 11.3 Å². The van der Waals surface area contributed by atoms with Crippen LogP contribution in [0.1, 0.15) is 11.1 Å². The number of hydrogen-bond donors (Lipinski definition) is 1. The molecule has 0 aliphatic carbocycles. The summed E-state index contributed by atoms with van der Waals surface area (Å²) in [6.45, 7) is 0.790. The van der Waals surface area contributed by atoms with Gasteiger partial charge >= 0.3 is 0 Å². The summed E-state index contributed by atoms with van der Waals surface area (Å²) < 4.78 is 2.21. The number of pyridine rings is 1. The Balaban J connectivity index is 1.59. The molecule has 0 saturated carbocycles. The fraction of sp³-hybridized carbons (Fsp3) is 0.0435. The lowest BCUT2D eigenvalue weighted by Gasteiger charge is -2.05. The van der Waals surface area contributed by atoms with E-state index in [-0.39, 0.29) is 5.91 Å². The largest absolute Gasteiger partial charge is 0.342 e. The van der Waals surface area contributed by atoms with Gasteiger partial charge in [-0.1, -0.05) is 48.5 Å². The molecule has 2 heterocycles. The summed E-state index contributed by atoms with van der Waals surface area (Å²) in [5.74, 6) is -0.166. The smallest absolute Gasteiger partial charge is 0.248 e. The lowest BCUT2D eigenvalue weighted by Crippen LogP contribution is -2.07. The molecule has 0 radical (unpaired) electrons. The molecule has 27 heavy (non-hydrogen) atoms. The zero-order valence-electron chi connectivity index (χ0n) is 14.7. The van der Waals surface area contributed by atoms with Crippen molar-refractivity contribution in [3.63, 3.8) is 0 Å². The molecule has 1 amide bonds. The third kappa shape index (κ3) is 3.96. The summed E-state index contributed by atoms with van der Waals surface area (Å²) in [4.78, 5) is 16.1. The van der Waals surface area contributed by atoms with Gasteiger partial charge in [-0.2, -0.15) is 0 Å². The second-order valence-corrected chi connectivity index (χ2v) is 6.27. The molecule has 4 nitrogen and oxygen atoms in total. The summed E-state index contributed by atoms with van der Waals surface area (Å²) in [5.41, 5.74) is 4.14. The van der Waals surface area contributed by atoms with Crippen LogP contribution in [-0.4, -0.2) is 15.5 Å². The van der Waals surface area contributed by atoms with E-state index < -0.39 is 0 Å². The number of anilines is 1. The number of benzene rings is 2. The highest BCUT2D eigenvalue weighted by atomic mass is 16.1. The molecule has 0 bridgehead atoms. The number of nitrogens with one attached hydrogen (secondary N) is 1. The van der Waals surface area contributed by atoms with Gasteiger partial charge in [-0.3, -0.25) is 9.78 Å². The first-order chi connectivity index (χ1) is 13.3. The topological polar surface area (TPSA) is 46.9 Å². The molecule has 0 spiro atoms. The number of amides is 1. The van der Waals surface area contributed by atoms with Crippen LogP contribution in [0.15, 0.2) is 91.4 Å². The average Bonchev–Trinajstić information content (AvgIpc) is 3.06. The molecule has 2 aromatic carbocycles. The van der Waals surface area contributed by atoms with Gasteiger partial charge in [0.1, 0.15) is 0 Å². The molecular formula is C23H19N3O. The van der Waals surface area contributed by atoms with Gasteiger partial charge in [0.25, 0.3) is 0 Å². The van der Waals surface area contributed by atoms with E-state index in [1.54, 1.807) is 30.6 Å². The minimum Gasteiger partial charge on any atom is -0.342 e. The van der Waals surface area contributed by atoms with Crippen LogP contribution >= 0.6 is 0 Å². The number of aromatic nitrogens is 2. The van der Waals surface area contributed by atoms with Gasteiger partial charge in [-0.15, -0.1) is 0 Å². The molecule has 0 atom stereocenters. The average molecular weight is 353 g/mol. The Labute approximate surface area is 157 Å². The number of nitrogens with zero attached hydrogens (tertiary/aromatic N) is 2. The van der Waals surface area contributed by atoms with E-state index in [1.165, 1.54) is 5.56 Å². The molecule has 2 aromatic heterocycles. The van der Waals surface area contributed by atoms with Gasteiger partial charge in [-0.25, -0.2) is 0 Å². The predicted molar refractivity (Wildman–Crippen MR) is 109 cm³/mol. The zero-order chi connectivity index (χ0) is 18.5. The minimum atomic E-state index is -0.166. The van der Waals surface area contributed by atoms with Crippen molar-refractivity contribution in [2.24, 2.45) is 0 Å². The van der Waals surface area contributed by atoms with E-state index in [0.717, 1.165) is 28.7 Å². The summed E-state index contributed by atoms with van der Waals surface area (Å²) in [7, 11) is 0. The second kappa shape index (κ2) is 7.70. The molecule has 0 saturated heterocycles. The van der Waals surface area contributed by atoms with Crippen LogP contribution in [0.25, 0.3) is 17.0 Å². The Kier molecular flexibility index (Phi) is 4.79. The van der Waals surface area contributed by atoms with Gasteiger partial charge in [0.2, 0.25) is 5.91 Å². The quantitative estimate of drug-likeness (QED) is 0.527. The maximum atomic E-state index is 12.2. The number of hydrogen-bond acceptors (Lipinski definition) is 2.